The van der Waals surface area contributed by atoms with Crippen molar-refractivity contribution in [2.24, 2.45) is 5.41 Å². The first-order valence-corrected chi connectivity index (χ1v) is 5.65. The molecule has 0 radical (unpaired) electrons. The summed E-state index contributed by atoms with van der Waals surface area (Å²) in [6.07, 6.45) is 5.16. The van der Waals surface area contributed by atoms with Crippen LogP contribution in [0.4, 0.5) is 0 Å². The van der Waals surface area contributed by atoms with E-state index in [1.54, 1.807) is 0 Å². The van der Waals surface area contributed by atoms with Crippen molar-refractivity contribution in [1.29, 1.82) is 0 Å². The lowest BCUT2D eigenvalue weighted by molar-refractivity contribution is 0.192. The molecule has 1 aliphatic carbocycles. The number of hydrogen-bond donors (Lipinski definition) is 2. The number of H-pyrrole nitrogens is 2. The van der Waals surface area contributed by atoms with E-state index in [1.807, 2.05) is 0 Å². The standard InChI is InChI=1S/C10H17N3S/c1-10(2)6-4-3-5-7(10)8-11-9(14)13-12-8/h7H,3-6H2,1-2H3,(H2,11,12,13,14). The molecular weight excluding hydrogens is 194 g/mol. The minimum Gasteiger partial charge on any atom is -0.285 e. The van der Waals surface area contributed by atoms with E-state index in [0.29, 0.717) is 16.1 Å². The Kier molecular flexibility index (Phi) is 2.47. The smallest absolute Gasteiger partial charge is 0.213 e. The van der Waals surface area contributed by atoms with E-state index in [-0.39, 0.29) is 0 Å². The van der Waals surface area contributed by atoms with Crippen molar-refractivity contribution in [3.63, 3.8) is 0 Å². The zero-order valence-corrected chi connectivity index (χ0v) is 9.58. The van der Waals surface area contributed by atoms with Gasteiger partial charge >= 0.3 is 0 Å². The van der Waals surface area contributed by atoms with Crippen molar-refractivity contribution in [2.45, 2.75) is 45.4 Å². The van der Waals surface area contributed by atoms with Crippen molar-refractivity contribution < 1.29 is 0 Å². The quantitative estimate of drug-likeness (QED) is 0.701. The SMILES string of the molecule is CC1(C)CCCCC1c1nc(=S)[nH][nH]1. The third-order valence-corrected chi connectivity index (χ3v) is 3.55. The molecule has 0 aliphatic heterocycles. The van der Waals surface area contributed by atoms with E-state index < -0.39 is 0 Å². The molecule has 0 bridgehead atoms. The summed E-state index contributed by atoms with van der Waals surface area (Å²) in [6.45, 7) is 4.64. The molecule has 1 atom stereocenters. The van der Waals surface area contributed by atoms with E-state index >= 15 is 0 Å². The molecule has 14 heavy (non-hydrogen) atoms. The van der Waals surface area contributed by atoms with Crippen LogP contribution in [0.5, 0.6) is 0 Å². The van der Waals surface area contributed by atoms with Gasteiger partial charge in [0.25, 0.3) is 0 Å². The van der Waals surface area contributed by atoms with Crippen LogP contribution in [0.15, 0.2) is 0 Å². The molecule has 2 N–H and O–H groups in total. The lowest BCUT2D eigenvalue weighted by Gasteiger charge is -2.37. The fourth-order valence-electron chi connectivity index (χ4n) is 2.45. The second kappa shape index (κ2) is 3.50. The van der Waals surface area contributed by atoms with Gasteiger partial charge in [0.1, 0.15) is 5.82 Å². The summed E-state index contributed by atoms with van der Waals surface area (Å²) in [7, 11) is 0. The average Bonchev–Trinajstić information content (AvgIpc) is 2.51. The molecule has 1 heterocycles. The Hall–Kier alpha value is -0.640. The normalized spacial score (nSPS) is 26.3. The highest BCUT2D eigenvalue weighted by atomic mass is 32.1. The molecule has 1 saturated carbocycles. The van der Waals surface area contributed by atoms with Crippen LogP contribution in [0.1, 0.15) is 51.3 Å². The van der Waals surface area contributed by atoms with Gasteiger partial charge in [-0.2, -0.15) is 0 Å². The number of aromatic amines is 2. The summed E-state index contributed by atoms with van der Waals surface area (Å²) in [5.74, 6) is 1.57. The van der Waals surface area contributed by atoms with E-state index in [2.05, 4.69) is 29.0 Å². The van der Waals surface area contributed by atoms with Crippen LogP contribution < -0.4 is 0 Å². The molecule has 1 fully saturated rings. The predicted molar refractivity (Wildman–Crippen MR) is 58.8 cm³/mol. The van der Waals surface area contributed by atoms with Crippen LogP contribution in [0.25, 0.3) is 0 Å². The maximum absolute atomic E-state index is 4.98. The summed E-state index contributed by atoms with van der Waals surface area (Å²) >= 11 is 4.98. The van der Waals surface area contributed by atoms with Crippen LogP contribution in [0.2, 0.25) is 0 Å². The predicted octanol–water partition coefficient (Wildman–Crippen LogP) is 3.15. The van der Waals surface area contributed by atoms with Crippen LogP contribution in [0.3, 0.4) is 0 Å². The summed E-state index contributed by atoms with van der Waals surface area (Å²) in [5.41, 5.74) is 0.353. The van der Waals surface area contributed by atoms with Crippen molar-refractivity contribution in [3.8, 4) is 0 Å². The van der Waals surface area contributed by atoms with Crippen molar-refractivity contribution in [1.82, 2.24) is 15.2 Å². The van der Waals surface area contributed by atoms with Gasteiger partial charge in [-0.3, -0.25) is 10.2 Å². The molecule has 78 valence electrons. The monoisotopic (exact) mass is 211 g/mol. The molecule has 2 rings (SSSR count). The van der Waals surface area contributed by atoms with Gasteiger partial charge in [-0.1, -0.05) is 26.7 Å². The molecule has 1 aromatic heterocycles. The fourth-order valence-corrected chi connectivity index (χ4v) is 2.60. The first-order valence-electron chi connectivity index (χ1n) is 5.24. The maximum Gasteiger partial charge on any atom is 0.213 e. The molecule has 0 aromatic carbocycles. The molecule has 3 nitrogen and oxygen atoms in total. The number of aromatic nitrogens is 3. The Labute approximate surface area is 89.3 Å². The molecule has 4 heteroatoms. The summed E-state index contributed by atoms with van der Waals surface area (Å²) < 4.78 is 0.571. The second-order valence-corrected chi connectivity index (χ2v) is 5.23. The van der Waals surface area contributed by atoms with E-state index in [0.717, 1.165) is 5.82 Å². The second-order valence-electron chi connectivity index (χ2n) is 4.84. The van der Waals surface area contributed by atoms with Gasteiger partial charge in [0.15, 0.2) is 0 Å². The highest BCUT2D eigenvalue weighted by molar-refractivity contribution is 7.71. The van der Waals surface area contributed by atoms with Gasteiger partial charge in [0.2, 0.25) is 4.77 Å². The molecule has 0 spiro atoms. The van der Waals surface area contributed by atoms with Gasteiger partial charge in [0, 0.05) is 5.92 Å². The molecule has 1 unspecified atom stereocenters. The average molecular weight is 211 g/mol. The first-order chi connectivity index (χ1) is 6.59. The van der Waals surface area contributed by atoms with Crippen molar-refractivity contribution in [2.75, 3.05) is 0 Å². The van der Waals surface area contributed by atoms with E-state index in [9.17, 15) is 0 Å². The molecular formula is C10H17N3S. The van der Waals surface area contributed by atoms with Gasteiger partial charge < -0.3 is 0 Å². The molecule has 1 aromatic rings. The van der Waals surface area contributed by atoms with Gasteiger partial charge in [-0.15, -0.1) is 0 Å². The minimum absolute atomic E-state index is 0.353. The van der Waals surface area contributed by atoms with Crippen molar-refractivity contribution >= 4 is 12.2 Å². The van der Waals surface area contributed by atoms with Crippen LogP contribution in [0, 0.1) is 10.2 Å². The van der Waals surface area contributed by atoms with Crippen LogP contribution in [-0.2, 0) is 0 Å². The topological polar surface area (TPSA) is 44.5 Å². The Bertz CT molecular complexity index is 363. The summed E-state index contributed by atoms with van der Waals surface area (Å²) in [4.78, 5) is 4.33. The number of hydrogen-bond acceptors (Lipinski definition) is 2. The largest absolute Gasteiger partial charge is 0.285 e. The van der Waals surface area contributed by atoms with E-state index in [1.165, 1.54) is 25.7 Å². The highest BCUT2D eigenvalue weighted by Crippen LogP contribution is 2.45. The summed E-state index contributed by atoms with van der Waals surface area (Å²) in [5, 5.41) is 5.97. The molecule has 0 amide bonds. The number of nitrogens with zero attached hydrogens (tertiary/aromatic N) is 1. The lowest BCUT2D eigenvalue weighted by atomic mass is 9.68. The Morgan fingerprint density at radius 2 is 2.14 bits per heavy atom. The van der Waals surface area contributed by atoms with Crippen molar-refractivity contribution in [3.05, 3.63) is 10.6 Å². The highest BCUT2D eigenvalue weighted by Gasteiger charge is 2.34. The van der Waals surface area contributed by atoms with Gasteiger partial charge in [-0.05, 0) is 30.5 Å². The van der Waals surface area contributed by atoms with Crippen LogP contribution >= 0.6 is 12.2 Å². The Morgan fingerprint density at radius 1 is 1.36 bits per heavy atom. The lowest BCUT2D eigenvalue weighted by Crippen LogP contribution is -2.26. The molecule has 0 saturated heterocycles. The zero-order valence-electron chi connectivity index (χ0n) is 8.76. The Morgan fingerprint density at radius 3 is 2.71 bits per heavy atom. The minimum atomic E-state index is 0.353. The number of rotatable bonds is 1. The zero-order chi connectivity index (χ0) is 10.2. The summed E-state index contributed by atoms with van der Waals surface area (Å²) in [6, 6.07) is 0. The fraction of sp³-hybridized carbons (Fsp3) is 0.800. The maximum atomic E-state index is 4.98. The Balaban J connectivity index is 2.28. The van der Waals surface area contributed by atoms with Gasteiger partial charge in [0.05, 0.1) is 0 Å². The van der Waals surface area contributed by atoms with E-state index in [4.69, 9.17) is 12.2 Å². The third-order valence-electron chi connectivity index (χ3n) is 3.36. The third kappa shape index (κ3) is 1.75. The molecule has 1 aliphatic rings. The van der Waals surface area contributed by atoms with Gasteiger partial charge in [-0.25, -0.2) is 4.98 Å². The number of nitrogens with one attached hydrogen (secondary N) is 2. The van der Waals surface area contributed by atoms with Crippen LogP contribution in [-0.4, -0.2) is 15.2 Å². The first kappa shape index (κ1) is 9.90.